The molecule has 0 nitrogen and oxygen atoms in total. The van der Waals surface area contributed by atoms with Crippen LogP contribution in [0.15, 0.2) is 23.1 Å². The van der Waals surface area contributed by atoms with Crippen molar-refractivity contribution in [2.45, 2.75) is 38.0 Å². The summed E-state index contributed by atoms with van der Waals surface area (Å²) in [6.45, 7) is 4.41. The highest BCUT2D eigenvalue weighted by Gasteiger charge is 1.99. The van der Waals surface area contributed by atoms with Crippen LogP contribution in [0.3, 0.4) is 0 Å². The Bertz CT molecular complexity index is 253. The van der Waals surface area contributed by atoms with Crippen LogP contribution in [0.1, 0.15) is 31.4 Å². The van der Waals surface area contributed by atoms with Gasteiger partial charge in [-0.05, 0) is 36.1 Å². The minimum absolute atomic E-state index is 1.08. The first-order valence-corrected chi connectivity index (χ1v) is 5.03. The summed E-state index contributed by atoms with van der Waals surface area (Å²) < 4.78 is 0. The third-order valence-electron chi connectivity index (χ3n) is 2.09. The zero-order chi connectivity index (χ0) is 8.97. The van der Waals surface area contributed by atoms with Gasteiger partial charge in [0.1, 0.15) is 0 Å². The zero-order valence-corrected chi connectivity index (χ0v) is 8.70. The average Bonchev–Trinajstić information content (AvgIpc) is 2.08. The molecule has 12 heavy (non-hydrogen) atoms. The number of hydrogen-bond donors (Lipinski definition) is 1. The van der Waals surface area contributed by atoms with E-state index >= 15 is 0 Å². The van der Waals surface area contributed by atoms with Gasteiger partial charge in [0.05, 0.1) is 0 Å². The third kappa shape index (κ3) is 2.28. The van der Waals surface area contributed by atoms with Gasteiger partial charge < -0.3 is 0 Å². The molecule has 0 aliphatic carbocycles. The van der Waals surface area contributed by atoms with Crippen molar-refractivity contribution in [3.63, 3.8) is 0 Å². The second-order valence-corrected chi connectivity index (χ2v) is 3.57. The number of hydrogen-bond acceptors (Lipinski definition) is 1. The van der Waals surface area contributed by atoms with E-state index in [1.165, 1.54) is 24.0 Å². The van der Waals surface area contributed by atoms with Crippen molar-refractivity contribution in [1.82, 2.24) is 0 Å². The summed E-state index contributed by atoms with van der Waals surface area (Å²) in [5, 5.41) is 0. The van der Waals surface area contributed by atoms with Gasteiger partial charge in [-0.25, -0.2) is 0 Å². The fraction of sp³-hybridized carbons (Fsp3) is 0.455. The highest BCUT2D eigenvalue weighted by atomic mass is 32.1. The minimum Gasteiger partial charge on any atom is -0.143 e. The number of benzene rings is 1. The van der Waals surface area contributed by atoms with Gasteiger partial charge in [0.2, 0.25) is 0 Å². The van der Waals surface area contributed by atoms with Crippen LogP contribution < -0.4 is 0 Å². The average molecular weight is 180 g/mol. The second kappa shape index (κ2) is 4.56. The molecule has 0 spiro atoms. The van der Waals surface area contributed by atoms with Crippen LogP contribution in [0.5, 0.6) is 0 Å². The van der Waals surface area contributed by atoms with Crippen LogP contribution in [-0.2, 0) is 12.8 Å². The largest absolute Gasteiger partial charge is 0.143 e. The van der Waals surface area contributed by atoms with Gasteiger partial charge in [-0.15, -0.1) is 12.6 Å². The van der Waals surface area contributed by atoms with Gasteiger partial charge in [0.25, 0.3) is 0 Å². The van der Waals surface area contributed by atoms with Crippen LogP contribution >= 0.6 is 12.6 Å². The molecule has 0 heterocycles. The molecule has 0 atom stereocenters. The van der Waals surface area contributed by atoms with Crippen LogP contribution in [0, 0.1) is 0 Å². The first kappa shape index (κ1) is 9.66. The van der Waals surface area contributed by atoms with E-state index in [-0.39, 0.29) is 0 Å². The van der Waals surface area contributed by atoms with Gasteiger partial charge in [-0.1, -0.05) is 26.3 Å². The standard InChI is InChI=1S/C11H16S/c1-3-5-10-6-7-11(12)8-9(10)4-2/h6-8,12H,3-5H2,1-2H3. The first-order valence-electron chi connectivity index (χ1n) is 4.58. The van der Waals surface area contributed by atoms with E-state index < -0.39 is 0 Å². The van der Waals surface area contributed by atoms with Crippen molar-refractivity contribution >= 4 is 12.6 Å². The lowest BCUT2D eigenvalue weighted by molar-refractivity contribution is 0.896. The molecule has 66 valence electrons. The molecule has 1 aromatic carbocycles. The number of thiol groups is 1. The lowest BCUT2D eigenvalue weighted by Crippen LogP contribution is -1.91. The fourth-order valence-electron chi connectivity index (χ4n) is 1.45. The first-order chi connectivity index (χ1) is 5.77. The van der Waals surface area contributed by atoms with Crippen molar-refractivity contribution in [1.29, 1.82) is 0 Å². The lowest BCUT2D eigenvalue weighted by Gasteiger charge is -2.06. The van der Waals surface area contributed by atoms with Gasteiger partial charge in [-0.3, -0.25) is 0 Å². The molecule has 0 unspecified atom stereocenters. The Kier molecular flexibility index (Phi) is 3.67. The molecule has 0 N–H and O–H groups in total. The van der Waals surface area contributed by atoms with Gasteiger partial charge in [0.15, 0.2) is 0 Å². The van der Waals surface area contributed by atoms with Gasteiger partial charge >= 0.3 is 0 Å². The smallest absolute Gasteiger partial charge is 0.00429 e. The molecule has 0 fully saturated rings. The fourth-order valence-corrected chi connectivity index (χ4v) is 1.69. The van der Waals surface area contributed by atoms with Gasteiger partial charge in [0, 0.05) is 4.90 Å². The minimum atomic E-state index is 1.08. The van der Waals surface area contributed by atoms with E-state index in [9.17, 15) is 0 Å². The summed E-state index contributed by atoms with van der Waals surface area (Å²) in [5.41, 5.74) is 2.93. The highest BCUT2D eigenvalue weighted by molar-refractivity contribution is 7.80. The van der Waals surface area contributed by atoms with E-state index in [2.05, 4.69) is 44.7 Å². The summed E-state index contributed by atoms with van der Waals surface area (Å²) in [6, 6.07) is 6.45. The maximum atomic E-state index is 4.32. The molecule has 1 heteroatoms. The maximum absolute atomic E-state index is 4.32. The molecule has 0 aliphatic rings. The summed E-state index contributed by atoms with van der Waals surface area (Å²) in [4.78, 5) is 1.08. The van der Waals surface area contributed by atoms with E-state index in [4.69, 9.17) is 0 Å². The van der Waals surface area contributed by atoms with E-state index in [1.54, 1.807) is 0 Å². The number of rotatable bonds is 3. The van der Waals surface area contributed by atoms with Crippen LogP contribution in [0.4, 0.5) is 0 Å². The van der Waals surface area contributed by atoms with Crippen molar-refractivity contribution in [3.8, 4) is 0 Å². The molecule has 0 amide bonds. The summed E-state index contributed by atoms with van der Waals surface area (Å²) in [6.07, 6.45) is 3.53. The Morgan fingerprint density at radius 1 is 1.17 bits per heavy atom. The summed E-state index contributed by atoms with van der Waals surface area (Å²) in [7, 11) is 0. The second-order valence-electron chi connectivity index (χ2n) is 3.06. The molecular formula is C11H16S. The Morgan fingerprint density at radius 2 is 1.92 bits per heavy atom. The Balaban J connectivity index is 2.94. The monoisotopic (exact) mass is 180 g/mol. The van der Waals surface area contributed by atoms with Crippen LogP contribution in [0.2, 0.25) is 0 Å². The molecule has 0 bridgehead atoms. The van der Waals surface area contributed by atoms with E-state index in [0.29, 0.717) is 0 Å². The summed E-state index contributed by atoms with van der Waals surface area (Å²) >= 11 is 4.32. The molecule has 1 aromatic rings. The Labute approximate surface area is 80.4 Å². The lowest BCUT2D eigenvalue weighted by atomic mass is 10.0. The predicted octanol–water partition coefficient (Wildman–Crippen LogP) is 3.49. The number of aryl methyl sites for hydroxylation is 2. The molecule has 0 aromatic heterocycles. The topological polar surface area (TPSA) is 0 Å². The molecule has 0 radical (unpaired) electrons. The van der Waals surface area contributed by atoms with Crippen molar-refractivity contribution < 1.29 is 0 Å². The van der Waals surface area contributed by atoms with Crippen molar-refractivity contribution in [2.24, 2.45) is 0 Å². The quantitative estimate of drug-likeness (QED) is 0.676. The van der Waals surface area contributed by atoms with Gasteiger partial charge in [-0.2, -0.15) is 0 Å². The SMILES string of the molecule is CCCc1ccc(S)cc1CC. The van der Waals surface area contributed by atoms with Crippen LogP contribution in [-0.4, -0.2) is 0 Å². The predicted molar refractivity (Wildman–Crippen MR) is 57.1 cm³/mol. The van der Waals surface area contributed by atoms with E-state index in [0.717, 1.165) is 11.3 Å². The molecular weight excluding hydrogens is 164 g/mol. The molecule has 0 saturated carbocycles. The molecule has 0 saturated heterocycles. The van der Waals surface area contributed by atoms with Crippen molar-refractivity contribution in [3.05, 3.63) is 29.3 Å². The van der Waals surface area contributed by atoms with Crippen molar-refractivity contribution in [2.75, 3.05) is 0 Å². The maximum Gasteiger partial charge on any atom is 0.00429 e. The molecule has 1 rings (SSSR count). The van der Waals surface area contributed by atoms with E-state index in [1.807, 2.05) is 0 Å². The normalized spacial score (nSPS) is 10.2. The van der Waals surface area contributed by atoms with Crippen LogP contribution in [0.25, 0.3) is 0 Å². The molecule has 0 aliphatic heterocycles. The zero-order valence-electron chi connectivity index (χ0n) is 7.80. The Hall–Kier alpha value is -0.430. The highest BCUT2D eigenvalue weighted by Crippen LogP contribution is 2.16. The summed E-state index contributed by atoms with van der Waals surface area (Å²) in [5.74, 6) is 0. The Morgan fingerprint density at radius 3 is 2.50 bits per heavy atom. The third-order valence-corrected chi connectivity index (χ3v) is 2.37.